The van der Waals surface area contributed by atoms with Gasteiger partial charge in [-0.25, -0.2) is 0 Å². The minimum absolute atomic E-state index is 0.129. The van der Waals surface area contributed by atoms with Gasteiger partial charge in [0.2, 0.25) is 5.91 Å². The highest BCUT2D eigenvalue weighted by atomic mass is 16.5. The number of methoxy groups -OCH3 is 1. The number of anilines is 1. The number of hydrogen-bond acceptors (Lipinski definition) is 3. The second-order valence-electron chi connectivity index (χ2n) is 2.53. The molecule has 0 saturated heterocycles. The van der Waals surface area contributed by atoms with Crippen molar-refractivity contribution in [2.75, 3.05) is 12.5 Å². The summed E-state index contributed by atoms with van der Waals surface area (Å²) >= 11 is 0. The summed E-state index contributed by atoms with van der Waals surface area (Å²) in [6.07, 6.45) is 0. The van der Waals surface area contributed by atoms with E-state index in [1.807, 2.05) is 24.3 Å². The zero-order chi connectivity index (χ0) is 9.68. The summed E-state index contributed by atoms with van der Waals surface area (Å²) in [4.78, 5) is 10.5. The molecule has 0 aliphatic heterocycles. The Labute approximate surface area is 76.9 Å². The number of amides is 1. The van der Waals surface area contributed by atoms with Crippen molar-refractivity contribution in [3.63, 3.8) is 0 Å². The first-order valence-electron chi connectivity index (χ1n) is 3.89. The summed E-state index contributed by atoms with van der Waals surface area (Å²) in [7, 11) is 1.61. The standard InChI is InChI=1S/C9H12N2O2/c1-7(12)10-11-8-3-5-9(13-2)6-4-8/h3-6,11H,1-2H3,(H,10,12). The number of hydrazine groups is 1. The van der Waals surface area contributed by atoms with Crippen LogP contribution in [0.25, 0.3) is 0 Å². The molecule has 1 amide bonds. The van der Waals surface area contributed by atoms with E-state index >= 15 is 0 Å². The average molecular weight is 180 g/mol. The van der Waals surface area contributed by atoms with E-state index in [2.05, 4.69) is 10.9 Å². The van der Waals surface area contributed by atoms with Crippen molar-refractivity contribution in [1.82, 2.24) is 5.43 Å². The van der Waals surface area contributed by atoms with Crippen molar-refractivity contribution in [1.29, 1.82) is 0 Å². The van der Waals surface area contributed by atoms with Crippen LogP contribution in [0.5, 0.6) is 5.75 Å². The lowest BCUT2D eigenvalue weighted by molar-refractivity contribution is -0.118. The lowest BCUT2D eigenvalue weighted by Gasteiger charge is -2.06. The third-order valence-electron chi connectivity index (χ3n) is 1.47. The molecule has 0 atom stereocenters. The van der Waals surface area contributed by atoms with Gasteiger partial charge in [0.1, 0.15) is 5.75 Å². The summed E-state index contributed by atoms with van der Waals surface area (Å²) in [6, 6.07) is 7.25. The molecule has 70 valence electrons. The van der Waals surface area contributed by atoms with Gasteiger partial charge in [-0.15, -0.1) is 0 Å². The van der Waals surface area contributed by atoms with Gasteiger partial charge in [-0.05, 0) is 24.3 Å². The Morgan fingerprint density at radius 3 is 2.38 bits per heavy atom. The van der Waals surface area contributed by atoms with Crippen LogP contribution in [0.2, 0.25) is 0 Å². The zero-order valence-corrected chi connectivity index (χ0v) is 7.63. The first-order valence-corrected chi connectivity index (χ1v) is 3.89. The monoisotopic (exact) mass is 180 g/mol. The molecule has 0 bridgehead atoms. The van der Waals surface area contributed by atoms with Crippen LogP contribution in [0, 0.1) is 0 Å². The van der Waals surface area contributed by atoms with Crippen LogP contribution >= 0.6 is 0 Å². The van der Waals surface area contributed by atoms with Crippen molar-refractivity contribution < 1.29 is 9.53 Å². The van der Waals surface area contributed by atoms with E-state index in [4.69, 9.17) is 4.74 Å². The number of carbonyl (C=O) groups excluding carboxylic acids is 1. The summed E-state index contributed by atoms with van der Waals surface area (Å²) in [5.41, 5.74) is 6.03. The van der Waals surface area contributed by atoms with Gasteiger partial charge < -0.3 is 4.74 Å². The van der Waals surface area contributed by atoms with Gasteiger partial charge in [0, 0.05) is 6.92 Å². The van der Waals surface area contributed by atoms with Gasteiger partial charge in [0.25, 0.3) is 0 Å². The Morgan fingerprint density at radius 1 is 1.31 bits per heavy atom. The van der Waals surface area contributed by atoms with Crippen LogP contribution in [0.1, 0.15) is 6.92 Å². The van der Waals surface area contributed by atoms with Crippen molar-refractivity contribution in [2.24, 2.45) is 0 Å². The fraction of sp³-hybridized carbons (Fsp3) is 0.222. The Balaban J connectivity index is 2.54. The quantitative estimate of drug-likeness (QED) is 0.686. The first-order chi connectivity index (χ1) is 6.22. The highest BCUT2D eigenvalue weighted by molar-refractivity contribution is 5.74. The van der Waals surface area contributed by atoms with Crippen LogP contribution < -0.4 is 15.6 Å². The number of rotatable bonds is 3. The fourth-order valence-electron chi connectivity index (χ4n) is 0.835. The molecular formula is C9H12N2O2. The minimum atomic E-state index is -0.129. The Bertz CT molecular complexity index is 282. The van der Waals surface area contributed by atoms with Gasteiger partial charge in [-0.3, -0.25) is 15.6 Å². The Kier molecular flexibility index (Phi) is 3.14. The summed E-state index contributed by atoms with van der Waals surface area (Å²) in [5, 5.41) is 0. The van der Waals surface area contributed by atoms with E-state index in [1.54, 1.807) is 7.11 Å². The number of ether oxygens (including phenoxy) is 1. The lowest BCUT2D eigenvalue weighted by atomic mass is 10.3. The second kappa shape index (κ2) is 4.35. The minimum Gasteiger partial charge on any atom is -0.497 e. The number of carbonyl (C=O) groups is 1. The zero-order valence-electron chi connectivity index (χ0n) is 7.63. The lowest BCUT2D eigenvalue weighted by Crippen LogP contribution is -2.26. The normalized spacial score (nSPS) is 9.08. The summed E-state index contributed by atoms with van der Waals surface area (Å²) in [6.45, 7) is 1.44. The molecule has 4 nitrogen and oxygen atoms in total. The molecule has 0 spiro atoms. The highest BCUT2D eigenvalue weighted by Gasteiger charge is 1.93. The van der Waals surface area contributed by atoms with Gasteiger partial charge in [0.15, 0.2) is 0 Å². The van der Waals surface area contributed by atoms with E-state index in [9.17, 15) is 4.79 Å². The number of benzene rings is 1. The third kappa shape index (κ3) is 3.02. The molecule has 1 aromatic carbocycles. The van der Waals surface area contributed by atoms with E-state index in [0.29, 0.717) is 0 Å². The third-order valence-corrected chi connectivity index (χ3v) is 1.47. The molecule has 2 N–H and O–H groups in total. The van der Waals surface area contributed by atoms with Crippen LogP contribution in [-0.4, -0.2) is 13.0 Å². The molecule has 1 aromatic rings. The van der Waals surface area contributed by atoms with Crippen molar-refractivity contribution in [3.05, 3.63) is 24.3 Å². The second-order valence-corrected chi connectivity index (χ2v) is 2.53. The van der Waals surface area contributed by atoms with Crippen LogP contribution in [0.3, 0.4) is 0 Å². The molecule has 13 heavy (non-hydrogen) atoms. The molecular weight excluding hydrogens is 168 g/mol. The summed E-state index contributed by atoms with van der Waals surface area (Å²) in [5.74, 6) is 0.657. The largest absolute Gasteiger partial charge is 0.497 e. The van der Waals surface area contributed by atoms with Gasteiger partial charge >= 0.3 is 0 Å². The molecule has 0 aliphatic carbocycles. The van der Waals surface area contributed by atoms with Crippen molar-refractivity contribution in [2.45, 2.75) is 6.92 Å². The molecule has 0 radical (unpaired) electrons. The maximum atomic E-state index is 10.5. The Hall–Kier alpha value is -1.71. The Morgan fingerprint density at radius 2 is 1.92 bits per heavy atom. The molecule has 0 aromatic heterocycles. The molecule has 0 aliphatic rings. The van der Waals surface area contributed by atoms with Crippen LogP contribution in [0.15, 0.2) is 24.3 Å². The topological polar surface area (TPSA) is 50.4 Å². The SMILES string of the molecule is COc1ccc(NNC(C)=O)cc1. The van der Waals surface area contributed by atoms with Crippen LogP contribution in [0.4, 0.5) is 5.69 Å². The van der Waals surface area contributed by atoms with E-state index in [0.717, 1.165) is 11.4 Å². The smallest absolute Gasteiger partial charge is 0.235 e. The van der Waals surface area contributed by atoms with Gasteiger partial charge in [-0.2, -0.15) is 0 Å². The molecule has 0 saturated carbocycles. The van der Waals surface area contributed by atoms with Crippen molar-refractivity contribution in [3.8, 4) is 5.75 Å². The predicted octanol–water partition coefficient (Wildman–Crippen LogP) is 1.16. The summed E-state index contributed by atoms with van der Waals surface area (Å²) < 4.78 is 4.98. The van der Waals surface area contributed by atoms with E-state index in [-0.39, 0.29) is 5.91 Å². The van der Waals surface area contributed by atoms with E-state index < -0.39 is 0 Å². The molecule has 0 fully saturated rings. The van der Waals surface area contributed by atoms with Gasteiger partial charge in [0.05, 0.1) is 12.8 Å². The first kappa shape index (κ1) is 9.38. The maximum absolute atomic E-state index is 10.5. The molecule has 1 rings (SSSR count). The molecule has 0 heterocycles. The average Bonchev–Trinajstić information content (AvgIpc) is 2.15. The molecule has 4 heteroatoms. The number of nitrogens with one attached hydrogen (secondary N) is 2. The van der Waals surface area contributed by atoms with Crippen molar-refractivity contribution >= 4 is 11.6 Å². The van der Waals surface area contributed by atoms with Gasteiger partial charge in [-0.1, -0.05) is 0 Å². The predicted molar refractivity (Wildman–Crippen MR) is 50.4 cm³/mol. The maximum Gasteiger partial charge on any atom is 0.235 e. The number of hydrogen-bond donors (Lipinski definition) is 2. The molecule has 0 unspecified atom stereocenters. The van der Waals surface area contributed by atoms with Crippen LogP contribution in [-0.2, 0) is 4.79 Å². The highest BCUT2D eigenvalue weighted by Crippen LogP contribution is 2.13. The van der Waals surface area contributed by atoms with E-state index in [1.165, 1.54) is 6.92 Å². The fourth-order valence-corrected chi connectivity index (χ4v) is 0.835.